The lowest BCUT2D eigenvalue weighted by atomic mass is 10.2. The number of fused-ring (bicyclic) bond motifs is 1. The molecule has 0 fully saturated rings. The number of carbonyl (C=O) groups is 1. The number of imidazole rings is 1. The van der Waals surface area contributed by atoms with E-state index in [1.54, 1.807) is 78.3 Å². The van der Waals surface area contributed by atoms with Gasteiger partial charge in [0.15, 0.2) is 15.5 Å². The first-order valence-electron chi connectivity index (χ1n) is 9.59. The summed E-state index contributed by atoms with van der Waals surface area (Å²) in [5.41, 5.74) is 2.80. The van der Waals surface area contributed by atoms with E-state index in [-0.39, 0.29) is 16.6 Å². The second kappa shape index (κ2) is 8.19. The highest BCUT2D eigenvalue weighted by Crippen LogP contribution is 2.25. The third-order valence-electron chi connectivity index (χ3n) is 4.62. The van der Waals surface area contributed by atoms with Crippen LogP contribution in [0.4, 0.5) is 5.69 Å². The Labute approximate surface area is 179 Å². The van der Waals surface area contributed by atoms with Crippen molar-refractivity contribution in [1.82, 2.24) is 14.6 Å². The molecule has 0 saturated heterocycles. The zero-order valence-electron chi connectivity index (χ0n) is 16.9. The van der Waals surface area contributed by atoms with E-state index >= 15 is 0 Å². The molecule has 0 aliphatic rings. The van der Waals surface area contributed by atoms with Gasteiger partial charge in [-0.3, -0.25) is 4.79 Å². The Hall–Kier alpha value is -3.72. The van der Waals surface area contributed by atoms with E-state index in [0.717, 1.165) is 5.56 Å². The lowest BCUT2D eigenvalue weighted by molar-refractivity contribution is -0.114. The topological polar surface area (TPSA) is 103 Å². The highest BCUT2D eigenvalue weighted by atomic mass is 32.2. The number of ether oxygens (including phenoxy) is 1. The second-order valence-electron chi connectivity index (χ2n) is 6.82. The van der Waals surface area contributed by atoms with Crippen LogP contribution >= 0.6 is 0 Å². The van der Waals surface area contributed by atoms with Gasteiger partial charge in [0, 0.05) is 24.2 Å². The number of hydrogen-bond acceptors (Lipinski definition) is 6. The van der Waals surface area contributed by atoms with E-state index in [1.165, 1.54) is 6.92 Å². The van der Waals surface area contributed by atoms with Crippen LogP contribution in [0, 0.1) is 0 Å². The van der Waals surface area contributed by atoms with Crippen LogP contribution < -0.4 is 10.1 Å². The Morgan fingerprint density at radius 1 is 1.03 bits per heavy atom. The zero-order chi connectivity index (χ0) is 22.0. The Kier molecular flexibility index (Phi) is 5.43. The minimum Gasteiger partial charge on any atom is -0.438 e. The average molecular weight is 436 g/mol. The van der Waals surface area contributed by atoms with Crippen molar-refractivity contribution >= 4 is 27.1 Å². The normalized spacial score (nSPS) is 11.4. The van der Waals surface area contributed by atoms with E-state index in [2.05, 4.69) is 15.4 Å². The SMILES string of the molecule is CCS(=O)(=O)c1ccc(-c2cnc3ccc(Oc4ccc(NC(C)=O)cc4)nn23)cc1. The summed E-state index contributed by atoms with van der Waals surface area (Å²) >= 11 is 0. The van der Waals surface area contributed by atoms with E-state index in [9.17, 15) is 13.2 Å². The predicted molar refractivity (Wildman–Crippen MR) is 117 cm³/mol. The van der Waals surface area contributed by atoms with Crippen LogP contribution in [0.2, 0.25) is 0 Å². The molecule has 0 radical (unpaired) electrons. The van der Waals surface area contributed by atoms with Crippen LogP contribution in [-0.4, -0.2) is 34.7 Å². The molecule has 4 rings (SSSR count). The van der Waals surface area contributed by atoms with Gasteiger partial charge in [0.1, 0.15) is 5.75 Å². The third kappa shape index (κ3) is 4.41. The molecule has 4 aromatic rings. The number of amides is 1. The highest BCUT2D eigenvalue weighted by molar-refractivity contribution is 7.91. The predicted octanol–water partition coefficient (Wildman–Crippen LogP) is 3.94. The van der Waals surface area contributed by atoms with Crippen molar-refractivity contribution in [2.75, 3.05) is 11.1 Å². The Morgan fingerprint density at radius 2 is 1.74 bits per heavy atom. The van der Waals surface area contributed by atoms with Gasteiger partial charge < -0.3 is 10.1 Å². The first-order valence-corrected chi connectivity index (χ1v) is 11.2. The molecule has 158 valence electrons. The number of sulfone groups is 1. The summed E-state index contributed by atoms with van der Waals surface area (Å²) in [5.74, 6) is 0.838. The monoisotopic (exact) mass is 436 g/mol. The minimum atomic E-state index is -3.26. The van der Waals surface area contributed by atoms with Crippen molar-refractivity contribution in [1.29, 1.82) is 0 Å². The number of benzene rings is 2. The molecule has 0 atom stereocenters. The van der Waals surface area contributed by atoms with Gasteiger partial charge in [-0.25, -0.2) is 17.9 Å². The van der Waals surface area contributed by atoms with E-state index in [4.69, 9.17) is 4.74 Å². The molecule has 2 aromatic carbocycles. The van der Waals surface area contributed by atoms with Crippen LogP contribution in [0.3, 0.4) is 0 Å². The number of aromatic nitrogens is 3. The summed E-state index contributed by atoms with van der Waals surface area (Å²) in [5, 5.41) is 7.21. The van der Waals surface area contributed by atoms with Gasteiger partial charge in [-0.2, -0.15) is 0 Å². The van der Waals surface area contributed by atoms with Crippen molar-refractivity contribution in [3.63, 3.8) is 0 Å². The quantitative estimate of drug-likeness (QED) is 0.491. The molecule has 2 heterocycles. The molecule has 0 unspecified atom stereocenters. The molecule has 8 nitrogen and oxygen atoms in total. The Bertz CT molecular complexity index is 1340. The first kappa shape index (κ1) is 20.5. The Balaban J connectivity index is 1.61. The summed E-state index contributed by atoms with van der Waals surface area (Å²) in [4.78, 5) is 15.8. The molecule has 1 N–H and O–H groups in total. The fourth-order valence-electron chi connectivity index (χ4n) is 3.04. The molecule has 0 aliphatic carbocycles. The fourth-order valence-corrected chi connectivity index (χ4v) is 3.92. The van der Waals surface area contributed by atoms with Crippen molar-refractivity contribution < 1.29 is 17.9 Å². The highest BCUT2D eigenvalue weighted by Gasteiger charge is 2.13. The maximum absolute atomic E-state index is 12.0. The summed E-state index contributed by atoms with van der Waals surface area (Å²) in [6, 6.07) is 17.1. The number of carbonyl (C=O) groups excluding carboxylic acids is 1. The van der Waals surface area contributed by atoms with Crippen molar-refractivity contribution in [2.24, 2.45) is 0 Å². The number of rotatable bonds is 6. The van der Waals surface area contributed by atoms with Gasteiger partial charge in [-0.15, -0.1) is 5.10 Å². The maximum atomic E-state index is 12.0. The van der Waals surface area contributed by atoms with Crippen molar-refractivity contribution in [3.05, 3.63) is 66.9 Å². The molecule has 0 bridgehead atoms. The number of hydrogen-bond donors (Lipinski definition) is 1. The number of anilines is 1. The van der Waals surface area contributed by atoms with E-state index < -0.39 is 9.84 Å². The maximum Gasteiger partial charge on any atom is 0.237 e. The van der Waals surface area contributed by atoms with Gasteiger partial charge in [0.25, 0.3) is 0 Å². The number of nitrogens with one attached hydrogen (secondary N) is 1. The Morgan fingerprint density at radius 3 is 2.39 bits per heavy atom. The van der Waals surface area contributed by atoms with E-state index in [1.807, 2.05) is 0 Å². The molecule has 0 aliphatic heterocycles. The van der Waals surface area contributed by atoms with Gasteiger partial charge in [-0.05, 0) is 42.5 Å². The summed E-state index contributed by atoms with van der Waals surface area (Å²) < 4.78 is 31.5. The van der Waals surface area contributed by atoms with Crippen LogP contribution in [0.25, 0.3) is 16.9 Å². The standard InChI is InChI=1S/C22H20N4O4S/c1-3-31(28,29)19-10-4-16(5-11-19)20-14-23-21-12-13-22(25-26(20)21)30-18-8-6-17(7-9-18)24-15(2)27/h4-14H,3H2,1-2H3,(H,24,27). The molecule has 31 heavy (non-hydrogen) atoms. The summed E-state index contributed by atoms with van der Waals surface area (Å²) in [6.45, 7) is 3.06. The molecule has 0 spiro atoms. The van der Waals surface area contributed by atoms with Gasteiger partial charge in [0.2, 0.25) is 11.8 Å². The van der Waals surface area contributed by atoms with Crippen molar-refractivity contribution in [2.45, 2.75) is 18.7 Å². The lowest BCUT2D eigenvalue weighted by Gasteiger charge is -2.08. The lowest BCUT2D eigenvalue weighted by Crippen LogP contribution is -2.05. The largest absolute Gasteiger partial charge is 0.438 e. The minimum absolute atomic E-state index is 0.0516. The fraction of sp³-hybridized carbons (Fsp3) is 0.136. The zero-order valence-corrected chi connectivity index (χ0v) is 17.8. The second-order valence-corrected chi connectivity index (χ2v) is 9.10. The molecular formula is C22H20N4O4S. The molecule has 2 aromatic heterocycles. The molecule has 1 amide bonds. The van der Waals surface area contributed by atoms with Crippen molar-refractivity contribution in [3.8, 4) is 22.9 Å². The van der Waals surface area contributed by atoms with Gasteiger partial charge >= 0.3 is 0 Å². The van der Waals surface area contributed by atoms with Crippen LogP contribution in [-0.2, 0) is 14.6 Å². The summed E-state index contributed by atoms with van der Waals surface area (Å²) in [6.07, 6.45) is 1.68. The summed E-state index contributed by atoms with van der Waals surface area (Å²) in [7, 11) is -3.26. The molecule has 9 heteroatoms. The van der Waals surface area contributed by atoms with Gasteiger partial charge in [-0.1, -0.05) is 19.1 Å². The van der Waals surface area contributed by atoms with Crippen LogP contribution in [0.15, 0.2) is 71.8 Å². The van der Waals surface area contributed by atoms with Crippen LogP contribution in [0.1, 0.15) is 13.8 Å². The third-order valence-corrected chi connectivity index (χ3v) is 6.37. The molecular weight excluding hydrogens is 416 g/mol. The van der Waals surface area contributed by atoms with Gasteiger partial charge in [0.05, 0.1) is 22.5 Å². The first-order chi connectivity index (χ1) is 14.9. The van der Waals surface area contributed by atoms with E-state index in [0.29, 0.717) is 28.7 Å². The van der Waals surface area contributed by atoms with Crippen LogP contribution in [0.5, 0.6) is 11.6 Å². The smallest absolute Gasteiger partial charge is 0.237 e. The molecule has 0 saturated carbocycles. The average Bonchev–Trinajstić information content (AvgIpc) is 3.18. The number of nitrogens with zero attached hydrogens (tertiary/aromatic N) is 3.